The average molecular weight is 305 g/mol. The highest BCUT2D eigenvalue weighted by Gasteiger charge is 2.30. The van der Waals surface area contributed by atoms with Crippen LogP contribution in [-0.4, -0.2) is 38.3 Å². The summed E-state index contributed by atoms with van der Waals surface area (Å²) in [5, 5.41) is 0. The molecule has 5 nitrogen and oxygen atoms in total. The van der Waals surface area contributed by atoms with Crippen LogP contribution < -0.4 is 15.4 Å². The van der Waals surface area contributed by atoms with E-state index in [0.717, 1.165) is 0 Å². The lowest BCUT2D eigenvalue weighted by atomic mass is 10.1. The standard InChI is InChI=1S/C13H17FN2O3.ClH/c1-8-6-16(13(17)10(15)7-18-2)11-4-3-9(14)5-12(11)19-8;/h3-5,8,10H,6-7,15H2,1-2H3;1H. The lowest BCUT2D eigenvalue weighted by Gasteiger charge is -2.34. The van der Waals surface area contributed by atoms with Crippen LogP contribution in [0.15, 0.2) is 18.2 Å². The summed E-state index contributed by atoms with van der Waals surface area (Å²) in [6.07, 6.45) is -0.215. The van der Waals surface area contributed by atoms with Crippen molar-refractivity contribution >= 4 is 24.0 Å². The van der Waals surface area contributed by atoms with E-state index in [0.29, 0.717) is 18.0 Å². The van der Waals surface area contributed by atoms with Gasteiger partial charge < -0.3 is 20.1 Å². The molecule has 1 aromatic rings. The van der Waals surface area contributed by atoms with Gasteiger partial charge in [0.05, 0.1) is 18.8 Å². The highest BCUT2D eigenvalue weighted by atomic mass is 35.5. The van der Waals surface area contributed by atoms with E-state index in [4.69, 9.17) is 15.2 Å². The van der Waals surface area contributed by atoms with Gasteiger partial charge in [-0.1, -0.05) is 0 Å². The number of anilines is 1. The number of nitrogens with two attached hydrogens (primary N) is 1. The number of ether oxygens (including phenoxy) is 2. The van der Waals surface area contributed by atoms with Crippen molar-refractivity contribution in [2.75, 3.05) is 25.2 Å². The second-order valence-electron chi connectivity index (χ2n) is 4.55. The van der Waals surface area contributed by atoms with Crippen LogP contribution in [0.25, 0.3) is 0 Å². The minimum atomic E-state index is -0.742. The molecular formula is C13H18ClFN2O3. The molecule has 1 aliphatic heterocycles. The fourth-order valence-electron chi connectivity index (χ4n) is 2.07. The van der Waals surface area contributed by atoms with Crippen LogP contribution >= 0.6 is 12.4 Å². The summed E-state index contributed by atoms with van der Waals surface area (Å²) in [5.41, 5.74) is 6.30. The smallest absolute Gasteiger partial charge is 0.246 e. The van der Waals surface area contributed by atoms with Gasteiger partial charge in [-0.05, 0) is 19.1 Å². The lowest BCUT2D eigenvalue weighted by molar-refractivity contribution is -0.121. The Hall–Kier alpha value is -1.37. The summed E-state index contributed by atoms with van der Waals surface area (Å²) >= 11 is 0. The van der Waals surface area contributed by atoms with Crippen LogP contribution in [0.4, 0.5) is 10.1 Å². The number of methoxy groups -OCH3 is 1. The molecule has 0 saturated heterocycles. The van der Waals surface area contributed by atoms with Gasteiger partial charge in [-0.15, -0.1) is 12.4 Å². The van der Waals surface area contributed by atoms with Crippen molar-refractivity contribution in [1.82, 2.24) is 0 Å². The van der Waals surface area contributed by atoms with Crippen molar-refractivity contribution in [3.05, 3.63) is 24.0 Å². The summed E-state index contributed by atoms with van der Waals surface area (Å²) in [6, 6.07) is 3.34. The zero-order valence-corrected chi connectivity index (χ0v) is 12.2. The normalized spacial score (nSPS) is 18.6. The van der Waals surface area contributed by atoms with Gasteiger partial charge >= 0.3 is 0 Å². The van der Waals surface area contributed by atoms with E-state index >= 15 is 0 Å². The minimum absolute atomic E-state index is 0. The van der Waals surface area contributed by atoms with Gasteiger partial charge in [0.1, 0.15) is 23.7 Å². The fraction of sp³-hybridized carbons (Fsp3) is 0.462. The van der Waals surface area contributed by atoms with Crippen LogP contribution in [0.3, 0.4) is 0 Å². The van der Waals surface area contributed by atoms with E-state index < -0.39 is 11.9 Å². The van der Waals surface area contributed by atoms with Gasteiger partial charge in [-0.2, -0.15) is 0 Å². The monoisotopic (exact) mass is 304 g/mol. The Morgan fingerprint density at radius 1 is 1.65 bits per heavy atom. The number of halogens is 2. The second kappa shape index (κ2) is 6.88. The maximum atomic E-state index is 13.2. The van der Waals surface area contributed by atoms with Crippen molar-refractivity contribution in [3.63, 3.8) is 0 Å². The zero-order chi connectivity index (χ0) is 14.0. The number of nitrogens with zero attached hydrogens (tertiary/aromatic N) is 1. The maximum Gasteiger partial charge on any atom is 0.246 e. The Kier molecular flexibility index (Phi) is 5.74. The zero-order valence-electron chi connectivity index (χ0n) is 11.3. The van der Waals surface area contributed by atoms with Crippen molar-refractivity contribution in [3.8, 4) is 5.75 Å². The molecule has 2 rings (SSSR count). The maximum absolute atomic E-state index is 13.2. The molecule has 0 radical (unpaired) electrons. The molecule has 7 heteroatoms. The van der Waals surface area contributed by atoms with Gasteiger partial charge in [-0.3, -0.25) is 4.79 Å². The van der Waals surface area contributed by atoms with Crippen LogP contribution in [0, 0.1) is 5.82 Å². The van der Waals surface area contributed by atoms with Gasteiger partial charge in [0.2, 0.25) is 5.91 Å². The Morgan fingerprint density at radius 3 is 3.00 bits per heavy atom. The Balaban J connectivity index is 0.00000200. The Labute approximate surface area is 123 Å². The molecule has 1 aromatic carbocycles. The molecule has 0 fully saturated rings. The number of rotatable bonds is 3. The largest absolute Gasteiger partial charge is 0.487 e. The molecule has 2 unspecified atom stereocenters. The minimum Gasteiger partial charge on any atom is -0.487 e. The molecule has 0 aromatic heterocycles. The van der Waals surface area contributed by atoms with E-state index in [1.165, 1.54) is 30.2 Å². The van der Waals surface area contributed by atoms with Gasteiger partial charge in [0, 0.05) is 13.2 Å². The quantitative estimate of drug-likeness (QED) is 0.915. The first-order valence-electron chi connectivity index (χ1n) is 6.05. The van der Waals surface area contributed by atoms with Crippen LogP contribution in [-0.2, 0) is 9.53 Å². The first-order chi connectivity index (χ1) is 9.02. The van der Waals surface area contributed by atoms with E-state index in [1.54, 1.807) is 0 Å². The molecule has 0 spiro atoms. The molecule has 1 heterocycles. The molecule has 2 atom stereocenters. The molecule has 0 bridgehead atoms. The summed E-state index contributed by atoms with van der Waals surface area (Å²) in [6.45, 7) is 2.34. The van der Waals surface area contributed by atoms with Crippen LogP contribution in [0.5, 0.6) is 5.75 Å². The van der Waals surface area contributed by atoms with Gasteiger partial charge in [-0.25, -0.2) is 4.39 Å². The third-order valence-corrected chi connectivity index (χ3v) is 2.91. The fourth-order valence-corrected chi connectivity index (χ4v) is 2.07. The summed E-state index contributed by atoms with van der Waals surface area (Å²) in [7, 11) is 1.48. The second-order valence-corrected chi connectivity index (χ2v) is 4.55. The first-order valence-corrected chi connectivity index (χ1v) is 6.05. The number of amides is 1. The third-order valence-electron chi connectivity index (χ3n) is 2.91. The molecule has 0 saturated carbocycles. The lowest BCUT2D eigenvalue weighted by Crippen LogP contribution is -2.51. The molecule has 0 aliphatic carbocycles. The Morgan fingerprint density at radius 2 is 2.35 bits per heavy atom. The third kappa shape index (κ3) is 3.39. The molecule has 1 aliphatic rings. The van der Waals surface area contributed by atoms with E-state index in [9.17, 15) is 9.18 Å². The van der Waals surface area contributed by atoms with E-state index in [2.05, 4.69) is 0 Å². The van der Waals surface area contributed by atoms with Crippen molar-refractivity contribution in [1.29, 1.82) is 0 Å². The van der Waals surface area contributed by atoms with E-state index in [-0.39, 0.29) is 31.0 Å². The topological polar surface area (TPSA) is 64.8 Å². The van der Waals surface area contributed by atoms with Crippen molar-refractivity contribution in [2.45, 2.75) is 19.1 Å². The van der Waals surface area contributed by atoms with Crippen molar-refractivity contribution < 1.29 is 18.7 Å². The van der Waals surface area contributed by atoms with Crippen LogP contribution in [0.2, 0.25) is 0 Å². The molecule has 1 amide bonds. The van der Waals surface area contributed by atoms with Gasteiger partial charge in [0.25, 0.3) is 0 Å². The van der Waals surface area contributed by atoms with Crippen LogP contribution in [0.1, 0.15) is 6.92 Å². The van der Waals surface area contributed by atoms with Crippen molar-refractivity contribution in [2.24, 2.45) is 5.73 Å². The number of benzene rings is 1. The highest BCUT2D eigenvalue weighted by Crippen LogP contribution is 2.34. The van der Waals surface area contributed by atoms with E-state index in [1.807, 2.05) is 6.92 Å². The number of hydrogen-bond acceptors (Lipinski definition) is 4. The number of hydrogen-bond donors (Lipinski definition) is 1. The highest BCUT2D eigenvalue weighted by molar-refractivity contribution is 5.98. The number of carbonyl (C=O) groups is 1. The number of fused-ring (bicyclic) bond motifs is 1. The summed E-state index contributed by atoms with van der Waals surface area (Å²) in [5.74, 6) is -0.303. The van der Waals surface area contributed by atoms with Gasteiger partial charge in [0.15, 0.2) is 0 Å². The predicted octanol–water partition coefficient (Wildman–Crippen LogP) is 1.34. The predicted molar refractivity (Wildman–Crippen MR) is 75.9 cm³/mol. The summed E-state index contributed by atoms with van der Waals surface area (Å²) in [4.78, 5) is 13.8. The molecule has 112 valence electrons. The number of carbonyl (C=O) groups excluding carboxylic acids is 1. The first kappa shape index (κ1) is 16.7. The summed E-state index contributed by atoms with van der Waals surface area (Å²) < 4.78 is 23.6. The molecular weight excluding hydrogens is 287 g/mol. The average Bonchev–Trinajstić information content (AvgIpc) is 2.36. The SMILES string of the molecule is COCC(N)C(=O)N1CC(C)Oc2cc(F)ccc21.Cl. The molecule has 20 heavy (non-hydrogen) atoms. The molecule has 2 N–H and O–H groups in total. The Bertz CT molecular complexity index is 487.